The number of aliphatic hydroxyl groups excluding tert-OH is 7. The van der Waals surface area contributed by atoms with Crippen LogP contribution in [0.15, 0.2) is 48.6 Å². The Hall–Kier alpha value is -1.84. The monoisotopic (exact) mass is 1130 g/mol. The van der Waals surface area contributed by atoms with Crippen LogP contribution in [0, 0.1) is 23.7 Å². The topological polar surface area (TPSA) is 262 Å². The van der Waals surface area contributed by atoms with E-state index >= 15 is 0 Å². The largest absolute Gasteiger partial charge is 0.393 e. The fourth-order valence-corrected chi connectivity index (χ4v) is 16.2. The van der Waals surface area contributed by atoms with Gasteiger partial charge in [0, 0.05) is 56.8 Å². The number of ether oxygens (including phenoxy) is 13. The molecule has 0 aromatic carbocycles. The highest BCUT2D eigenvalue weighted by molar-refractivity contribution is 5.17. The summed E-state index contributed by atoms with van der Waals surface area (Å²) in [5, 5.41) is 76.9. The molecule has 0 aliphatic carbocycles. The molecule has 0 aromatic heterocycles. The van der Waals surface area contributed by atoms with Crippen molar-refractivity contribution in [1.29, 1.82) is 0 Å². The first-order valence-corrected chi connectivity index (χ1v) is 30.4. The first-order chi connectivity index (χ1) is 38.4. The quantitative estimate of drug-likeness (QED) is 0.200. The van der Waals surface area contributed by atoms with E-state index in [1.54, 1.807) is 6.08 Å². The minimum Gasteiger partial charge on any atom is -0.393 e. The van der Waals surface area contributed by atoms with Gasteiger partial charge in [0.1, 0.15) is 54.4 Å². The highest BCUT2D eigenvalue weighted by atomic mass is 16.7. The summed E-state index contributed by atoms with van der Waals surface area (Å²) in [6, 6.07) is 0. The van der Waals surface area contributed by atoms with Gasteiger partial charge in [0.05, 0.1) is 135 Å². The lowest BCUT2D eigenvalue weighted by Gasteiger charge is -2.53. The van der Waals surface area contributed by atoms with E-state index in [4.69, 9.17) is 61.6 Å². The van der Waals surface area contributed by atoms with Crippen molar-refractivity contribution in [3.63, 3.8) is 0 Å². The summed E-state index contributed by atoms with van der Waals surface area (Å²) < 4.78 is 88.9. The van der Waals surface area contributed by atoms with Gasteiger partial charge in [0.15, 0.2) is 5.79 Å². The van der Waals surface area contributed by atoms with Crippen LogP contribution in [0.2, 0.25) is 0 Å². The zero-order valence-electron chi connectivity index (χ0n) is 46.7. The van der Waals surface area contributed by atoms with Crippen LogP contribution in [0.3, 0.4) is 0 Å². The third-order valence-electron chi connectivity index (χ3n) is 20.9. The van der Waals surface area contributed by atoms with E-state index in [2.05, 4.69) is 32.9 Å². The Labute approximate surface area is 468 Å². The van der Waals surface area contributed by atoms with Crippen LogP contribution < -0.4 is 0 Å². The van der Waals surface area contributed by atoms with Crippen molar-refractivity contribution in [2.24, 2.45) is 23.7 Å². The molecule has 80 heavy (non-hydrogen) atoms. The van der Waals surface area contributed by atoms with Crippen molar-refractivity contribution in [3.8, 4) is 0 Å². The molecule has 13 rings (SSSR count). The maximum Gasteiger partial charge on any atom is 0.174 e. The number of fused-ring (bicyclic) bond motifs is 11. The van der Waals surface area contributed by atoms with Gasteiger partial charge in [-0.05, 0) is 44.4 Å². The van der Waals surface area contributed by atoms with Gasteiger partial charge in [-0.1, -0.05) is 76.3 Å². The normalized spacial score (nSPS) is 57.4. The lowest BCUT2D eigenvalue weighted by atomic mass is 9.75. The second-order valence-electron chi connectivity index (χ2n) is 26.4. The lowest BCUT2D eigenvalue weighted by molar-refractivity contribution is -0.339. The predicted molar refractivity (Wildman–Crippen MR) is 281 cm³/mol. The molecule has 13 heterocycles. The van der Waals surface area contributed by atoms with Crippen molar-refractivity contribution in [3.05, 3.63) is 48.6 Å². The molecular weight excluding hydrogens is 1040 g/mol. The molecule has 0 saturated carbocycles. The third kappa shape index (κ3) is 10.6. The van der Waals surface area contributed by atoms with E-state index in [1.165, 1.54) is 6.08 Å². The maximum absolute atomic E-state index is 12.4. The highest BCUT2D eigenvalue weighted by Gasteiger charge is 2.63. The molecule has 34 unspecified atom stereocenters. The van der Waals surface area contributed by atoms with Crippen molar-refractivity contribution >= 4 is 0 Å². The molecule has 10 saturated heterocycles. The number of hydrogen-bond acceptors (Lipinski definition) is 20. The van der Waals surface area contributed by atoms with E-state index < -0.39 is 152 Å². The molecule has 13 aliphatic heterocycles. The Balaban J connectivity index is 0.678. The first-order valence-electron chi connectivity index (χ1n) is 30.4. The Morgan fingerprint density at radius 1 is 0.512 bits per heavy atom. The molecule has 0 aromatic rings. The molecule has 20 nitrogen and oxygen atoms in total. The van der Waals surface area contributed by atoms with Crippen molar-refractivity contribution in [2.45, 2.75) is 288 Å². The average Bonchev–Trinajstić information content (AvgIpc) is 3.51. The molecule has 0 amide bonds. The van der Waals surface area contributed by atoms with E-state index in [1.807, 2.05) is 38.2 Å². The van der Waals surface area contributed by atoms with Gasteiger partial charge in [-0.25, -0.2) is 0 Å². The van der Waals surface area contributed by atoms with E-state index in [0.29, 0.717) is 44.9 Å². The molecular formula is C60H88O20. The van der Waals surface area contributed by atoms with E-state index in [-0.39, 0.29) is 86.2 Å². The summed E-state index contributed by atoms with van der Waals surface area (Å²) >= 11 is 0. The molecule has 10 fully saturated rings. The summed E-state index contributed by atoms with van der Waals surface area (Å²) in [5.74, 6) is -1.22. The van der Waals surface area contributed by atoms with Crippen LogP contribution in [0.25, 0.3) is 0 Å². The van der Waals surface area contributed by atoms with Crippen LogP contribution >= 0.6 is 0 Å². The van der Waals surface area contributed by atoms with E-state index in [9.17, 15) is 35.7 Å². The molecule has 0 radical (unpaired) electrons. The van der Waals surface area contributed by atoms with Gasteiger partial charge in [0.2, 0.25) is 0 Å². The average molecular weight is 1130 g/mol. The molecule has 13 aliphatic rings. The van der Waals surface area contributed by atoms with Crippen LogP contribution in [-0.4, -0.2) is 231 Å². The van der Waals surface area contributed by atoms with Gasteiger partial charge in [-0.2, -0.15) is 0 Å². The standard InChI is InChI=1S/C60H88O20/c1-27-16-41-43(21-48-54(77-41)29(3)52(66)58-55(78-48)28(2)30(4)60(80-58)24-33(64)26-68-60)73-45-23-51-59(5,79-46(45)17-27)50(65)22-44-36(75-51)9-7-6-8-35-37(72-44)12-13-39-38(70-35)14-15-40-42(71-39)20-49-57(76-40)53(67)56-47(74-49)19-32(63)18-34(69-56)11-10-31(62)25-61/h6-7,10-15,27-58,61-67H,8-9,16-26H2,1-5H3/b7-6-,11-10-. The minimum atomic E-state index is -1.07. The summed E-state index contributed by atoms with van der Waals surface area (Å²) in [4.78, 5) is 0. The first kappa shape index (κ1) is 57.2. The molecule has 0 bridgehead atoms. The molecule has 448 valence electrons. The number of hydrogen-bond donors (Lipinski definition) is 7. The van der Waals surface area contributed by atoms with Gasteiger partial charge >= 0.3 is 0 Å². The van der Waals surface area contributed by atoms with Gasteiger partial charge in [0.25, 0.3) is 0 Å². The highest BCUT2D eigenvalue weighted by Crippen LogP contribution is 2.52. The van der Waals surface area contributed by atoms with Gasteiger partial charge in [-0.3, -0.25) is 0 Å². The number of aliphatic hydroxyl groups is 7. The predicted octanol–water partition coefficient (Wildman–Crippen LogP) is 2.16. The lowest BCUT2D eigenvalue weighted by Crippen LogP contribution is -2.64. The van der Waals surface area contributed by atoms with Crippen LogP contribution in [0.1, 0.15) is 105 Å². The summed E-state index contributed by atoms with van der Waals surface area (Å²) in [5.41, 5.74) is -1.05. The Morgan fingerprint density at radius 3 is 1.89 bits per heavy atom. The summed E-state index contributed by atoms with van der Waals surface area (Å²) in [7, 11) is 0. The third-order valence-corrected chi connectivity index (χ3v) is 20.9. The molecule has 1 spiro atoms. The van der Waals surface area contributed by atoms with E-state index in [0.717, 1.165) is 6.42 Å². The summed E-state index contributed by atoms with van der Waals surface area (Å²) in [6.45, 7) is 10.2. The number of rotatable bonds is 3. The smallest absolute Gasteiger partial charge is 0.174 e. The van der Waals surface area contributed by atoms with Crippen molar-refractivity contribution < 1.29 is 97.3 Å². The van der Waals surface area contributed by atoms with Crippen LogP contribution in [-0.2, 0) is 61.6 Å². The van der Waals surface area contributed by atoms with Gasteiger partial charge in [-0.15, -0.1) is 0 Å². The Bertz CT molecular complexity index is 2290. The Morgan fingerprint density at radius 2 is 1.12 bits per heavy atom. The zero-order valence-corrected chi connectivity index (χ0v) is 46.7. The second-order valence-corrected chi connectivity index (χ2v) is 26.4. The fraction of sp³-hybridized carbons (Fsp3) is 0.867. The zero-order chi connectivity index (χ0) is 55.5. The molecule has 20 heteroatoms. The Kier molecular flexibility index (Phi) is 16.3. The second kappa shape index (κ2) is 22.8. The van der Waals surface area contributed by atoms with Crippen molar-refractivity contribution in [2.75, 3.05) is 13.2 Å². The molecule has 34 atom stereocenters. The van der Waals surface area contributed by atoms with Crippen molar-refractivity contribution in [1.82, 2.24) is 0 Å². The van der Waals surface area contributed by atoms with Crippen LogP contribution in [0.4, 0.5) is 0 Å². The maximum atomic E-state index is 12.4. The SMILES string of the molecule is CC1CC2OC3C(CC2OC2CC4OC5C/C=C\CC6OC7C=CC8OC9C(CC8OC7C=CC6OC5CC(O)C4(C)OC2C1)OC1CC(O)CC(/C=C\C(O)CO)OC1C9O)OC1C(C)C(C)C2(CC(O)CO2)OC1C(O)C3C. The van der Waals surface area contributed by atoms with Crippen LogP contribution in [0.5, 0.6) is 0 Å². The fourth-order valence-electron chi connectivity index (χ4n) is 16.2. The summed E-state index contributed by atoms with van der Waals surface area (Å²) in [6.07, 6.45) is 4.48. The van der Waals surface area contributed by atoms with Gasteiger partial charge < -0.3 is 97.3 Å². The minimum absolute atomic E-state index is 0.0365. The molecule has 7 N–H and O–H groups in total.